The van der Waals surface area contributed by atoms with Crippen LogP contribution in [0.2, 0.25) is 0 Å². The summed E-state index contributed by atoms with van der Waals surface area (Å²) in [6.45, 7) is 0. The van der Waals surface area contributed by atoms with Crippen molar-refractivity contribution in [3.63, 3.8) is 0 Å². The first-order valence-electron chi connectivity index (χ1n) is 8.59. The Morgan fingerprint density at radius 2 is 1.79 bits per heavy atom. The molecule has 2 aromatic carbocycles. The van der Waals surface area contributed by atoms with Crippen LogP contribution in [0.4, 0.5) is 13.2 Å². The fourth-order valence-corrected chi connectivity index (χ4v) is 2.94. The average molecular weight is 393 g/mol. The van der Waals surface area contributed by atoms with Gasteiger partial charge in [-0.1, -0.05) is 24.3 Å². The molecule has 4 rings (SSSR count). The Morgan fingerprint density at radius 1 is 0.966 bits per heavy atom. The third-order valence-electron chi connectivity index (χ3n) is 4.43. The molecule has 0 amide bonds. The third-order valence-corrected chi connectivity index (χ3v) is 4.43. The molecule has 0 spiro atoms. The normalized spacial score (nSPS) is 11.6. The van der Waals surface area contributed by atoms with Crippen LogP contribution in [0.15, 0.2) is 72.9 Å². The number of nitrogens with zero attached hydrogens (tertiary/aromatic N) is 3. The molecule has 5 nitrogen and oxygen atoms in total. The van der Waals surface area contributed by atoms with Crippen LogP contribution in [-0.4, -0.2) is 20.6 Å². The number of rotatable bonds is 3. The zero-order valence-corrected chi connectivity index (χ0v) is 14.9. The van der Waals surface area contributed by atoms with Gasteiger partial charge in [-0.25, -0.2) is 4.39 Å². The summed E-state index contributed by atoms with van der Waals surface area (Å²) in [4.78, 5) is 4.10. The first kappa shape index (κ1) is 18.5. The lowest BCUT2D eigenvalue weighted by molar-refractivity contribution is 0.0697. The van der Waals surface area contributed by atoms with Crippen molar-refractivity contribution in [3.8, 4) is 11.3 Å². The van der Waals surface area contributed by atoms with Crippen LogP contribution in [0, 0.1) is 16.6 Å². The Morgan fingerprint density at radius 3 is 2.59 bits per heavy atom. The quantitative estimate of drug-likeness (QED) is 0.401. The molecule has 0 saturated heterocycles. The minimum Gasteiger partial charge on any atom is -0.283 e. The Bertz CT molecular complexity index is 1300. The van der Waals surface area contributed by atoms with Gasteiger partial charge in [-0.3, -0.25) is 15.8 Å². The summed E-state index contributed by atoms with van der Waals surface area (Å²) in [5.74, 6) is -5.39. The van der Waals surface area contributed by atoms with E-state index in [1.807, 2.05) is 0 Å². The zero-order valence-electron chi connectivity index (χ0n) is 14.9. The van der Waals surface area contributed by atoms with Gasteiger partial charge in [0.2, 0.25) is 0 Å². The number of hydrogen-bond donors (Lipinski definition) is 2. The maximum Gasteiger partial charge on any atom is 0.331 e. The number of nitrogens with one attached hydrogen (secondary N) is 2. The molecule has 144 valence electrons. The predicted octanol–water partition coefficient (Wildman–Crippen LogP) is 4.33. The number of benzene rings is 2. The Hall–Kier alpha value is -3.81. The molecule has 2 heterocycles. The van der Waals surface area contributed by atoms with Crippen LogP contribution >= 0.6 is 0 Å². The summed E-state index contributed by atoms with van der Waals surface area (Å²) in [5, 5.41) is 20.5. The molecule has 8 heteroatoms. The molecular formula is C21H14F3N5. The minimum atomic E-state index is -3.71. The van der Waals surface area contributed by atoms with E-state index in [1.165, 1.54) is 48.5 Å². The fraction of sp³-hybridized carbons (Fsp3) is 0.0476. The summed E-state index contributed by atoms with van der Waals surface area (Å²) in [6, 6.07) is 15.3. The van der Waals surface area contributed by atoms with Crippen LogP contribution in [0.25, 0.3) is 22.2 Å². The van der Waals surface area contributed by atoms with Crippen LogP contribution in [0.1, 0.15) is 5.56 Å². The molecule has 0 radical (unpaired) electrons. The van der Waals surface area contributed by atoms with E-state index < -0.39 is 28.6 Å². The summed E-state index contributed by atoms with van der Waals surface area (Å²) >= 11 is 0. The van der Waals surface area contributed by atoms with Gasteiger partial charge in [0.05, 0.1) is 11.2 Å². The molecule has 0 atom stereocenters. The second kappa shape index (κ2) is 6.97. The summed E-state index contributed by atoms with van der Waals surface area (Å²) in [7, 11) is 0. The number of pyridine rings is 1. The Kier molecular flexibility index (Phi) is 4.46. The van der Waals surface area contributed by atoms with E-state index in [-0.39, 0.29) is 5.69 Å². The van der Waals surface area contributed by atoms with Crippen molar-refractivity contribution in [1.29, 1.82) is 10.8 Å². The predicted molar refractivity (Wildman–Crippen MR) is 102 cm³/mol. The maximum atomic E-state index is 15.1. The topological polar surface area (TPSA) is 78.4 Å². The second-order valence-corrected chi connectivity index (χ2v) is 6.36. The highest BCUT2D eigenvalue weighted by molar-refractivity contribution is 5.90. The van der Waals surface area contributed by atoms with E-state index in [1.54, 1.807) is 24.4 Å². The van der Waals surface area contributed by atoms with Crippen molar-refractivity contribution < 1.29 is 13.2 Å². The van der Waals surface area contributed by atoms with Gasteiger partial charge in [-0.2, -0.15) is 18.6 Å². The van der Waals surface area contributed by atoms with Crippen molar-refractivity contribution in [2.24, 2.45) is 0 Å². The molecule has 2 N–H and O–H groups in total. The lowest BCUT2D eigenvalue weighted by Gasteiger charge is -2.19. The number of alkyl halides is 2. The van der Waals surface area contributed by atoms with Gasteiger partial charge in [0, 0.05) is 22.7 Å². The van der Waals surface area contributed by atoms with Gasteiger partial charge in [-0.05, 0) is 42.5 Å². The molecule has 0 aliphatic heterocycles. The van der Waals surface area contributed by atoms with Crippen molar-refractivity contribution in [3.05, 3.63) is 89.8 Å². The molecule has 0 saturated carbocycles. The van der Waals surface area contributed by atoms with Gasteiger partial charge in [-0.15, -0.1) is 0 Å². The Labute approximate surface area is 163 Å². The van der Waals surface area contributed by atoms with Gasteiger partial charge < -0.3 is 0 Å². The van der Waals surface area contributed by atoms with Gasteiger partial charge in [0.1, 0.15) is 11.3 Å². The number of halogens is 3. The first-order chi connectivity index (χ1) is 13.9. The second-order valence-electron chi connectivity index (χ2n) is 6.36. The van der Waals surface area contributed by atoms with Crippen molar-refractivity contribution in [1.82, 2.24) is 14.8 Å². The molecule has 0 aliphatic carbocycles. The van der Waals surface area contributed by atoms with Crippen molar-refractivity contribution in [2.75, 3.05) is 0 Å². The zero-order chi connectivity index (χ0) is 20.6. The lowest BCUT2D eigenvalue weighted by Crippen LogP contribution is -2.39. The highest BCUT2D eigenvalue weighted by Crippen LogP contribution is 2.31. The van der Waals surface area contributed by atoms with Crippen LogP contribution in [0.5, 0.6) is 0 Å². The molecule has 4 aromatic rings. The molecule has 0 aliphatic rings. The smallest absolute Gasteiger partial charge is 0.283 e. The monoisotopic (exact) mass is 393 g/mol. The SMILES string of the molecule is N=C(n1nc(-c2cccc(F)c2)ccc1=N)C(F)(F)c1ccc2ncccc2c1. The van der Waals surface area contributed by atoms with Crippen molar-refractivity contribution >= 4 is 16.7 Å². The van der Waals surface area contributed by atoms with Gasteiger partial charge in [0.25, 0.3) is 0 Å². The van der Waals surface area contributed by atoms with Crippen LogP contribution < -0.4 is 5.49 Å². The highest BCUT2D eigenvalue weighted by Gasteiger charge is 2.39. The minimum absolute atomic E-state index is 0.170. The third kappa shape index (κ3) is 3.40. The van der Waals surface area contributed by atoms with E-state index in [4.69, 9.17) is 10.8 Å². The largest absolute Gasteiger partial charge is 0.331 e. The van der Waals surface area contributed by atoms with Gasteiger partial charge >= 0.3 is 5.92 Å². The van der Waals surface area contributed by atoms with E-state index >= 15 is 8.78 Å². The standard InChI is InChI=1S/C21H14F3N5/c22-16-5-1-3-14(12-16)18-8-9-19(25)29(28-18)20(26)21(23,24)15-6-7-17-13(11-15)4-2-10-27-17/h1-12,25-26H. The van der Waals surface area contributed by atoms with E-state index in [0.717, 1.165) is 0 Å². The fourth-order valence-electron chi connectivity index (χ4n) is 2.94. The molecular weight excluding hydrogens is 379 g/mol. The van der Waals surface area contributed by atoms with Gasteiger partial charge in [0.15, 0.2) is 5.84 Å². The molecule has 2 aromatic heterocycles. The first-order valence-corrected chi connectivity index (χ1v) is 8.59. The van der Waals surface area contributed by atoms with Crippen molar-refractivity contribution in [2.45, 2.75) is 5.92 Å². The maximum absolute atomic E-state index is 15.1. The van der Waals surface area contributed by atoms with E-state index in [0.29, 0.717) is 21.1 Å². The van der Waals surface area contributed by atoms with Crippen LogP contribution in [0.3, 0.4) is 0 Å². The van der Waals surface area contributed by atoms with E-state index in [9.17, 15) is 4.39 Å². The summed E-state index contributed by atoms with van der Waals surface area (Å²) < 4.78 is 44.2. The van der Waals surface area contributed by atoms with Crippen LogP contribution in [-0.2, 0) is 5.92 Å². The number of fused-ring (bicyclic) bond motifs is 1. The average Bonchev–Trinajstić information content (AvgIpc) is 2.73. The molecule has 29 heavy (non-hydrogen) atoms. The summed E-state index contributed by atoms with van der Waals surface area (Å²) in [6.07, 6.45) is 1.56. The number of aromatic nitrogens is 3. The van der Waals surface area contributed by atoms with E-state index in [2.05, 4.69) is 10.1 Å². The summed E-state index contributed by atoms with van der Waals surface area (Å²) in [5.41, 5.74) is 0.277. The number of hydrogen-bond acceptors (Lipinski definition) is 4. The Balaban J connectivity index is 1.78. The molecule has 0 fully saturated rings. The molecule has 0 bridgehead atoms. The highest BCUT2D eigenvalue weighted by atomic mass is 19.3. The molecule has 0 unspecified atom stereocenters. The lowest BCUT2D eigenvalue weighted by atomic mass is 10.0.